The van der Waals surface area contributed by atoms with Crippen molar-refractivity contribution in [2.45, 2.75) is 32.7 Å². The third-order valence-electron chi connectivity index (χ3n) is 5.11. The van der Waals surface area contributed by atoms with Gasteiger partial charge in [0.15, 0.2) is 11.7 Å². The van der Waals surface area contributed by atoms with E-state index in [-0.39, 0.29) is 11.9 Å². The van der Waals surface area contributed by atoms with Gasteiger partial charge in [-0.2, -0.15) is 0 Å². The highest BCUT2D eigenvalue weighted by atomic mass is 16.4. The molecule has 1 amide bonds. The molecule has 0 spiro atoms. The molecule has 5 heteroatoms. The Bertz CT molecular complexity index is 873. The zero-order chi connectivity index (χ0) is 20.5. The smallest absolute Gasteiger partial charge is 0.220 e. The lowest BCUT2D eigenvalue weighted by atomic mass is 10.0. The number of nitrogens with one attached hydrogen (secondary N) is 1. The fourth-order valence-corrected chi connectivity index (χ4v) is 3.48. The van der Waals surface area contributed by atoms with Crippen LogP contribution in [-0.2, 0) is 11.2 Å². The predicted octanol–water partition coefficient (Wildman–Crippen LogP) is 4.47. The molecule has 1 unspecified atom stereocenters. The van der Waals surface area contributed by atoms with Gasteiger partial charge in [0.2, 0.25) is 5.91 Å². The number of nitrogens with zero attached hydrogens (tertiary/aromatic N) is 2. The van der Waals surface area contributed by atoms with Gasteiger partial charge in [0.1, 0.15) is 0 Å². The van der Waals surface area contributed by atoms with Crippen molar-refractivity contribution >= 4 is 5.91 Å². The van der Waals surface area contributed by atoms with Gasteiger partial charge < -0.3 is 9.73 Å². The third-order valence-corrected chi connectivity index (χ3v) is 5.11. The Kier molecular flexibility index (Phi) is 7.59. The van der Waals surface area contributed by atoms with E-state index < -0.39 is 0 Å². The molecule has 1 aromatic heterocycles. The highest BCUT2D eigenvalue weighted by Crippen LogP contribution is 2.21. The molecule has 0 bridgehead atoms. The topological polar surface area (TPSA) is 58.4 Å². The Morgan fingerprint density at radius 3 is 2.34 bits per heavy atom. The standard InChI is InChI=1S/C24H29N3O2/c1-3-27(4-2)21(19-11-7-5-8-12-19)17-25-23(28)15-16-24-26-18-22(29-24)20-13-9-6-10-14-20/h5-14,18,21H,3-4,15-17H2,1-2H3,(H,25,28). The van der Waals surface area contributed by atoms with E-state index in [0.717, 1.165) is 24.4 Å². The molecule has 0 radical (unpaired) electrons. The summed E-state index contributed by atoms with van der Waals surface area (Å²) in [4.78, 5) is 19.1. The van der Waals surface area contributed by atoms with E-state index in [0.29, 0.717) is 25.3 Å². The number of carbonyl (C=O) groups excluding carboxylic acids is 1. The Balaban J connectivity index is 1.54. The quantitative estimate of drug-likeness (QED) is 0.554. The second kappa shape index (κ2) is 10.6. The molecular weight excluding hydrogens is 362 g/mol. The lowest BCUT2D eigenvalue weighted by Gasteiger charge is -2.30. The molecule has 2 aromatic carbocycles. The maximum atomic E-state index is 12.4. The number of oxazole rings is 1. The van der Waals surface area contributed by atoms with Crippen LogP contribution in [-0.4, -0.2) is 35.4 Å². The maximum absolute atomic E-state index is 12.4. The molecule has 152 valence electrons. The van der Waals surface area contributed by atoms with Gasteiger partial charge in [-0.1, -0.05) is 74.5 Å². The number of rotatable bonds is 10. The van der Waals surface area contributed by atoms with Crippen LogP contribution in [0.4, 0.5) is 0 Å². The minimum absolute atomic E-state index is 0.0116. The second-order valence-corrected chi connectivity index (χ2v) is 6.94. The molecule has 3 rings (SSSR count). The fraction of sp³-hybridized carbons (Fsp3) is 0.333. The van der Waals surface area contributed by atoms with Crippen LogP contribution in [0, 0.1) is 0 Å². The van der Waals surface area contributed by atoms with E-state index >= 15 is 0 Å². The molecule has 0 fully saturated rings. The van der Waals surface area contributed by atoms with E-state index in [1.807, 2.05) is 48.5 Å². The van der Waals surface area contributed by atoms with Crippen molar-refractivity contribution in [3.8, 4) is 11.3 Å². The third kappa shape index (κ3) is 5.78. The number of aryl methyl sites for hydroxylation is 1. The molecule has 1 N–H and O–H groups in total. The number of aromatic nitrogens is 1. The zero-order valence-corrected chi connectivity index (χ0v) is 17.2. The Labute approximate surface area is 172 Å². The Hall–Kier alpha value is -2.92. The minimum atomic E-state index is 0.0116. The first-order valence-electron chi connectivity index (χ1n) is 10.3. The van der Waals surface area contributed by atoms with Crippen molar-refractivity contribution < 1.29 is 9.21 Å². The summed E-state index contributed by atoms with van der Waals surface area (Å²) in [5.74, 6) is 1.33. The van der Waals surface area contributed by atoms with Crippen molar-refractivity contribution in [1.82, 2.24) is 15.2 Å². The van der Waals surface area contributed by atoms with Crippen LogP contribution in [0.25, 0.3) is 11.3 Å². The molecule has 29 heavy (non-hydrogen) atoms. The normalized spacial score (nSPS) is 12.1. The van der Waals surface area contributed by atoms with Crippen LogP contribution < -0.4 is 5.32 Å². The SMILES string of the molecule is CCN(CC)C(CNC(=O)CCc1ncc(-c2ccccc2)o1)c1ccccc1. The molecule has 3 aromatic rings. The Morgan fingerprint density at radius 2 is 1.69 bits per heavy atom. The number of likely N-dealkylation sites (N-methyl/N-ethyl adjacent to an activating group) is 1. The number of carbonyl (C=O) groups is 1. The average molecular weight is 392 g/mol. The van der Waals surface area contributed by atoms with Crippen LogP contribution in [0.1, 0.15) is 37.8 Å². The summed E-state index contributed by atoms with van der Waals surface area (Å²) in [6.45, 7) is 6.75. The van der Waals surface area contributed by atoms with Gasteiger partial charge in [-0.3, -0.25) is 9.69 Å². The van der Waals surface area contributed by atoms with Gasteiger partial charge in [0, 0.05) is 24.9 Å². The van der Waals surface area contributed by atoms with E-state index in [1.165, 1.54) is 5.56 Å². The average Bonchev–Trinajstić information content (AvgIpc) is 3.25. The highest BCUT2D eigenvalue weighted by Gasteiger charge is 2.18. The van der Waals surface area contributed by atoms with Gasteiger partial charge >= 0.3 is 0 Å². The van der Waals surface area contributed by atoms with Gasteiger partial charge in [-0.05, 0) is 18.7 Å². The summed E-state index contributed by atoms with van der Waals surface area (Å²) < 4.78 is 5.79. The lowest BCUT2D eigenvalue weighted by molar-refractivity contribution is -0.121. The summed E-state index contributed by atoms with van der Waals surface area (Å²) in [6, 6.07) is 20.4. The Morgan fingerprint density at radius 1 is 1.03 bits per heavy atom. The summed E-state index contributed by atoms with van der Waals surface area (Å²) in [6.07, 6.45) is 2.56. The van der Waals surface area contributed by atoms with E-state index in [1.54, 1.807) is 6.20 Å². The molecule has 0 saturated heterocycles. The number of benzene rings is 2. The summed E-state index contributed by atoms with van der Waals surface area (Å²) in [5.41, 5.74) is 2.21. The first-order chi connectivity index (χ1) is 14.2. The van der Waals surface area contributed by atoms with Gasteiger partial charge in [-0.25, -0.2) is 4.98 Å². The largest absolute Gasteiger partial charge is 0.441 e. The number of hydrogen-bond donors (Lipinski definition) is 1. The molecule has 1 atom stereocenters. The zero-order valence-electron chi connectivity index (χ0n) is 17.2. The van der Waals surface area contributed by atoms with Crippen LogP contribution in [0.3, 0.4) is 0 Å². The second-order valence-electron chi connectivity index (χ2n) is 6.94. The van der Waals surface area contributed by atoms with Crippen molar-refractivity contribution in [2.24, 2.45) is 0 Å². The van der Waals surface area contributed by atoms with Gasteiger partial charge in [0.05, 0.1) is 12.2 Å². The van der Waals surface area contributed by atoms with Gasteiger partial charge in [0.25, 0.3) is 0 Å². The van der Waals surface area contributed by atoms with E-state index in [4.69, 9.17) is 4.42 Å². The van der Waals surface area contributed by atoms with E-state index in [2.05, 4.69) is 41.2 Å². The first-order valence-corrected chi connectivity index (χ1v) is 10.3. The molecular formula is C24H29N3O2. The maximum Gasteiger partial charge on any atom is 0.220 e. The lowest BCUT2D eigenvalue weighted by Crippen LogP contribution is -2.38. The van der Waals surface area contributed by atoms with Crippen LogP contribution in [0.15, 0.2) is 71.3 Å². The van der Waals surface area contributed by atoms with Crippen LogP contribution in [0.5, 0.6) is 0 Å². The van der Waals surface area contributed by atoms with Crippen LogP contribution >= 0.6 is 0 Å². The summed E-state index contributed by atoms with van der Waals surface area (Å²) in [7, 11) is 0. The minimum Gasteiger partial charge on any atom is -0.441 e. The molecule has 0 aliphatic heterocycles. The monoisotopic (exact) mass is 391 g/mol. The van der Waals surface area contributed by atoms with Gasteiger partial charge in [-0.15, -0.1) is 0 Å². The predicted molar refractivity (Wildman–Crippen MR) is 115 cm³/mol. The number of hydrogen-bond acceptors (Lipinski definition) is 4. The molecule has 1 heterocycles. The molecule has 0 aliphatic carbocycles. The van der Waals surface area contributed by atoms with Crippen molar-refractivity contribution in [2.75, 3.05) is 19.6 Å². The van der Waals surface area contributed by atoms with Crippen molar-refractivity contribution in [1.29, 1.82) is 0 Å². The van der Waals surface area contributed by atoms with E-state index in [9.17, 15) is 4.79 Å². The van der Waals surface area contributed by atoms with Crippen LogP contribution in [0.2, 0.25) is 0 Å². The number of amides is 1. The first kappa shape index (κ1) is 20.8. The van der Waals surface area contributed by atoms with Crippen molar-refractivity contribution in [3.05, 3.63) is 78.3 Å². The fourth-order valence-electron chi connectivity index (χ4n) is 3.48. The highest BCUT2D eigenvalue weighted by molar-refractivity contribution is 5.76. The molecule has 0 saturated carbocycles. The summed E-state index contributed by atoms with van der Waals surface area (Å²) in [5, 5.41) is 3.09. The summed E-state index contributed by atoms with van der Waals surface area (Å²) >= 11 is 0. The van der Waals surface area contributed by atoms with Crippen molar-refractivity contribution in [3.63, 3.8) is 0 Å². The molecule has 5 nitrogen and oxygen atoms in total. The molecule has 0 aliphatic rings.